The molecule has 0 amide bonds. The van der Waals surface area contributed by atoms with E-state index in [1.165, 1.54) is 0 Å². The lowest BCUT2D eigenvalue weighted by Crippen LogP contribution is -2.19. The summed E-state index contributed by atoms with van der Waals surface area (Å²) in [4.78, 5) is 0. The molecule has 25 heavy (non-hydrogen) atoms. The zero-order chi connectivity index (χ0) is 16.5. The summed E-state index contributed by atoms with van der Waals surface area (Å²) in [5.74, 6) is 0.829. The molecule has 0 fully saturated rings. The molecular formula is C18H24Cl4N2O. The summed E-state index contributed by atoms with van der Waals surface area (Å²) in [7, 11) is 1.96. The molecule has 0 bridgehead atoms. The van der Waals surface area contributed by atoms with Gasteiger partial charge >= 0.3 is 0 Å². The largest absolute Gasteiger partial charge is 0.489 e. The molecule has 0 saturated heterocycles. The van der Waals surface area contributed by atoms with Crippen LogP contribution in [0.3, 0.4) is 0 Å². The third-order valence-corrected chi connectivity index (χ3v) is 4.06. The number of benzene rings is 2. The van der Waals surface area contributed by atoms with Gasteiger partial charge in [-0.25, -0.2) is 0 Å². The summed E-state index contributed by atoms with van der Waals surface area (Å²) in [6, 6.07) is 13.4. The molecule has 140 valence electrons. The Morgan fingerprint density at radius 1 is 0.960 bits per heavy atom. The fourth-order valence-electron chi connectivity index (χ4n) is 2.21. The van der Waals surface area contributed by atoms with Crippen LogP contribution in [-0.2, 0) is 13.2 Å². The number of hydrogen-bond acceptors (Lipinski definition) is 3. The van der Waals surface area contributed by atoms with Crippen LogP contribution in [0, 0.1) is 0 Å². The van der Waals surface area contributed by atoms with Crippen molar-refractivity contribution in [2.45, 2.75) is 19.6 Å². The average molecular weight is 426 g/mol. The molecule has 0 radical (unpaired) electrons. The molecule has 0 unspecified atom stereocenters. The Balaban J connectivity index is 0.00000288. The van der Waals surface area contributed by atoms with Crippen molar-refractivity contribution >= 4 is 48.0 Å². The van der Waals surface area contributed by atoms with Crippen molar-refractivity contribution in [3.63, 3.8) is 0 Å². The Hall–Kier alpha value is -0.680. The Morgan fingerprint density at radius 2 is 1.72 bits per heavy atom. The van der Waals surface area contributed by atoms with Crippen molar-refractivity contribution in [1.29, 1.82) is 0 Å². The first-order valence-electron chi connectivity index (χ1n) is 7.70. The van der Waals surface area contributed by atoms with Crippen molar-refractivity contribution < 1.29 is 4.74 Å². The molecule has 3 nitrogen and oxygen atoms in total. The van der Waals surface area contributed by atoms with Crippen LogP contribution in [0.15, 0.2) is 42.5 Å². The highest BCUT2D eigenvalue weighted by molar-refractivity contribution is 6.31. The predicted octanol–water partition coefficient (Wildman–Crippen LogP) is 5.12. The predicted molar refractivity (Wildman–Crippen MR) is 112 cm³/mol. The quantitative estimate of drug-likeness (QED) is 0.547. The van der Waals surface area contributed by atoms with Crippen LogP contribution in [0.4, 0.5) is 0 Å². The van der Waals surface area contributed by atoms with E-state index < -0.39 is 0 Å². The molecule has 0 heterocycles. The summed E-state index contributed by atoms with van der Waals surface area (Å²) in [6.45, 7) is 3.10. The van der Waals surface area contributed by atoms with Crippen molar-refractivity contribution in [2.24, 2.45) is 0 Å². The molecule has 0 aliphatic carbocycles. The number of rotatable bonds is 9. The molecule has 2 aromatic carbocycles. The van der Waals surface area contributed by atoms with E-state index in [2.05, 4.69) is 10.6 Å². The van der Waals surface area contributed by atoms with Crippen molar-refractivity contribution in [3.05, 3.63) is 63.6 Å². The van der Waals surface area contributed by atoms with Crippen LogP contribution in [0.1, 0.15) is 17.5 Å². The van der Waals surface area contributed by atoms with Crippen LogP contribution < -0.4 is 15.4 Å². The van der Waals surface area contributed by atoms with E-state index in [-0.39, 0.29) is 24.8 Å². The Bertz CT molecular complexity index is 626. The minimum Gasteiger partial charge on any atom is -0.489 e. The Morgan fingerprint density at radius 3 is 2.44 bits per heavy atom. The first-order valence-corrected chi connectivity index (χ1v) is 8.46. The van der Waals surface area contributed by atoms with E-state index in [0.29, 0.717) is 16.7 Å². The number of ether oxygens (including phenoxy) is 1. The van der Waals surface area contributed by atoms with Crippen LogP contribution in [0.2, 0.25) is 10.0 Å². The second-order valence-electron chi connectivity index (χ2n) is 5.27. The summed E-state index contributed by atoms with van der Waals surface area (Å²) in [5.41, 5.74) is 2.02. The van der Waals surface area contributed by atoms with Gasteiger partial charge in [0, 0.05) is 27.7 Å². The highest BCUT2D eigenvalue weighted by Crippen LogP contribution is 2.25. The number of halogens is 4. The van der Waals surface area contributed by atoms with Crippen LogP contribution >= 0.6 is 48.0 Å². The van der Waals surface area contributed by atoms with Crippen molar-refractivity contribution in [1.82, 2.24) is 10.6 Å². The van der Waals surface area contributed by atoms with E-state index in [0.717, 1.165) is 42.9 Å². The van der Waals surface area contributed by atoms with Gasteiger partial charge in [-0.05, 0) is 50.8 Å². The van der Waals surface area contributed by atoms with Crippen LogP contribution in [-0.4, -0.2) is 20.1 Å². The van der Waals surface area contributed by atoms with Gasteiger partial charge in [-0.15, -0.1) is 24.8 Å². The van der Waals surface area contributed by atoms with Crippen molar-refractivity contribution in [3.8, 4) is 5.75 Å². The smallest absolute Gasteiger partial charge is 0.124 e. The fraction of sp³-hybridized carbons (Fsp3) is 0.333. The van der Waals surface area contributed by atoms with Crippen molar-refractivity contribution in [2.75, 3.05) is 20.1 Å². The molecule has 0 saturated carbocycles. The maximum absolute atomic E-state index is 6.17. The summed E-state index contributed by atoms with van der Waals surface area (Å²) in [6.07, 6.45) is 1.08. The van der Waals surface area contributed by atoms with E-state index in [9.17, 15) is 0 Å². The standard InChI is InChI=1S/C18H22Cl2N2O.2ClH/c1-21-9-4-10-22-12-15-11-16(19)7-8-18(15)23-13-14-5-2-3-6-17(14)20;;/h2-3,5-8,11,21-22H,4,9-10,12-13H2,1H3;2*1H. The van der Waals surface area contributed by atoms with E-state index in [4.69, 9.17) is 27.9 Å². The first-order chi connectivity index (χ1) is 11.2. The van der Waals surface area contributed by atoms with Gasteiger partial charge in [0.15, 0.2) is 0 Å². The second-order valence-corrected chi connectivity index (χ2v) is 6.11. The third-order valence-electron chi connectivity index (χ3n) is 3.46. The normalized spacial score (nSPS) is 9.88. The number of nitrogens with one attached hydrogen (secondary N) is 2. The molecule has 0 atom stereocenters. The summed E-state index contributed by atoms with van der Waals surface area (Å²) < 4.78 is 5.94. The van der Waals surface area contributed by atoms with E-state index in [1.807, 2.05) is 49.5 Å². The van der Waals surface area contributed by atoms with Gasteiger partial charge in [0.25, 0.3) is 0 Å². The maximum atomic E-state index is 6.17. The van der Waals surface area contributed by atoms with Gasteiger partial charge in [0.05, 0.1) is 0 Å². The Kier molecular flexibility index (Phi) is 13.1. The molecule has 2 N–H and O–H groups in total. The molecule has 2 aromatic rings. The summed E-state index contributed by atoms with van der Waals surface area (Å²) in [5, 5.41) is 7.97. The molecule has 0 aliphatic rings. The van der Waals surface area contributed by atoms with Gasteiger partial charge in [-0.2, -0.15) is 0 Å². The average Bonchev–Trinajstić information content (AvgIpc) is 2.55. The van der Waals surface area contributed by atoms with Gasteiger partial charge in [0.2, 0.25) is 0 Å². The minimum atomic E-state index is 0. The Labute approximate surface area is 172 Å². The number of hydrogen-bond donors (Lipinski definition) is 2. The molecule has 0 aromatic heterocycles. The zero-order valence-electron chi connectivity index (χ0n) is 14.1. The molecular weight excluding hydrogens is 402 g/mol. The SMILES string of the molecule is CNCCCNCc1cc(Cl)ccc1OCc1ccccc1Cl.Cl.Cl. The fourth-order valence-corrected chi connectivity index (χ4v) is 2.60. The topological polar surface area (TPSA) is 33.3 Å². The highest BCUT2D eigenvalue weighted by atomic mass is 35.5. The van der Waals surface area contributed by atoms with Gasteiger partial charge in [-0.1, -0.05) is 41.4 Å². The van der Waals surface area contributed by atoms with Gasteiger partial charge in [-0.3, -0.25) is 0 Å². The third kappa shape index (κ3) is 8.50. The first kappa shape index (κ1) is 24.3. The highest BCUT2D eigenvalue weighted by Gasteiger charge is 2.06. The zero-order valence-corrected chi connectivity index (χ0v) is 17.2. The molecule has 0 aliphatic heterocycles. The van der Waals surface area contributed by atoms with E-state index >= 15 is 0 Å². The molecule has 2 rings (SSSR count). The molecule has 7 heteroatoms. The van der Waals surface area contributed by atoms with Gasteiger partial charge < -0.3 is 15.4 Å². The minimum absolute atomic E-state index is 0. The molecule has 0 spiro atoms. The second kappa shape index (κ2) is 13.5. The summed E-state index contributed by atoms with van der Waals surface area (Å²) >= 11 is 12.3. The lowest BCUT2D eigenvalue weighted by atomic mass is 10.2. The maximum Gasteiger partial charge on any atom is 0.124 e. The van der Waals surface area contributed by atoms with Crippen LogP contribution in [0.25, 0.3) is 0 Å². The van der Waals surface area contributed by atoms with Gasteiger partial charge in [0.1, 0.15) is 12.4 Å². The lowest BCUT2D eigenvalue weighted by Gasteiger charge is -2.13. The monoisotopic (exact) mass is 424 g/mol. The lowest BCUT2D eigenvalue weighted by molar-refractivity contribution is 0.302. The van der Waals surface area contributed by atoms with E-state index in [1.54, 1.807) is 0 Å². The van der Waals surface area contributed by atoms with Crippen LogP contribution in [0.5, 0.6) is 5.75 Å².